The highest BCUT2D eigenvalue weighted by atomic mass is 35.5. The Balaban J connectivity index is 0.00000192. The highest BCUT2D eigenvalue weighted by Crippen LogP contribution is 2.29. The second kappa shape index (κ2) is 8.48. The molecule has 0 amide bonds. The molecule has 3 nitrogen and oxygen atoms in total. The van der Waals surface area contributed by atoms with Gasteiger partial charge in [0.1, 0.15) is 0 Å². The Kier molecular flexibility index (Phi) is 6.90. The number of morpholine rings is 1. The van der Waals surface area contributed by atoms with Gasteiger partial charge in [0, 0.05) is 19.1 Å². The van der Waals surface area contributed by atoms with Crippen molar-refractivity contribution in [3.63, 3.8) is 0 Å². The summed E-state index contributed by atoms with van der Waals surface area (Å²) in [4.78, 5) is 2.65. The summed E-state index contributed by atoms with van der Waals surface area (Å²) in [6.45, 7) is 12.1. The predicted molar refractivity (Wildman–Crippen MR) is 98.5 cm³/mol. The monoisotopic (exact) mass is 338 g/mol. The Morgan fingerprint density at radius 2 is 2.13 bits per heavy atom. The van der Waals surface area contributed by atoms with E-state index >= 15 is 0 Å². The fourth-order valence-electron chi connectivity index (χ4n) is 3.77. The third-order valence-corrected chi connectivity index (χ3v) is 5.24. The zero-order valence-electron chi connectivity index (χ0n) is 14.7. The molecule has 1 N–H and O–H groups in total. The third-order valence-electron chi connectivity index (χ3n) is 5.24. The van der Waals surface area contributed by atoms with Crippen LogP contribution in [0.25, 0.3) is 0 Å². The van der Waals surface area contributed by atoms with Crippen molar-refractivity contribution in [2.75, 3.05) is 32.8 Å². The topological polar surface area (TPSA) is 24.5 Å². The molecule has 0 radical (unpaired) electrons. The van der Waals surface area contributed by atoms with E-state index in [0.717, 1.165) is 19.1 Å². The zero-order chi connectivity index (χ0) is 15.5. The molecule has 130 valence electrons. The van der Waals surface area contributed by atoms with Crippen LogP contribution in [0, 0.1) is 19.8 Å². The van der Waals surface area contributed by atoms with E-state index in [1.807, 2.05) is 0 Å². The van der Waals surface area contributed by atoms with Gasteiger partial charge in [0.2, 0.25) is 0 Å². The smallest absolute Gasteiger partial charge is 0.0955 e. The second-order valence-electron chi connectivity index (χ2n) is 7.20. The number of benzene rings is 1. The van der Waals surface area contributed by atoms with E-state index in [-0.39, 0.29) is 18.5 Å². The molecular formula is C19H31ClN2O. The molecule has 0 saturated carbocycles. The van der Waals surface area contributed by atoms with Crippen LogP contribution >= 0.6 is 12.4 Å². The van der Waals surface area contributed by atoms with E-state index in [4.69, 9.17) is 4.74 Å². The number of rotatable bonds is 3. The van der Waals surface area contributed by atoms with Crippen LogP contribution in [0.1, 0.15) is 42.6 Å². The molecule has 2 aliphatic rings. The largest absolute Gasteiger partial charge is 0.371 e. The van der Waals surface area contributed by atoms with Crippen molar-refractivity contribution in [3.05, 3.63) is 34.9 Å². The van der Waals surface area contributed by atoms with Crippen molar-refractivity contribution in [3.8, 4) is 0 Å². The number of ether oxygens (including phenoxy) is 1. The summed E-state index contributed by atoms with van der Waals surface area (Å²) in [6, 6.07) is 7.25. The normalized spacial score (nSPS) is 29.1. The second-order valence-corrected chi connectivity index (χ2v) is 7.20. The highest BCUT2D eigenvalue weighted by molar-refractivity contribution is 5.85. The van der Waals surface area contributed by atoms with Crippen LogP contribution in [-0.4, -0.2) is 43.7 Å². The van der Waals surface area contributed by atoms with Crippen molar-refractivity contribution in [1.82, 2.24) is 10.2 Å². The molecule has 0 aromatic heterocycles. The fraction of sp³-hybridized carbons (Fsp3) is 0.684. The van der Waals surface area contributed by atoms with Gasteiger partial charge in [0.05, 0.1) is 12.7 Å². The SMILES string of the molecule is Cc1ccc(C)c(C2CN(CC3CCCNC3)C(C)CO2)c1.Cl. The summed E-state index contributed by atoms with van der Waals surface area (Å²) in [5.74, 6) is 0.800. The van der Waals surface area contributed by atoms with Gasteiger partial charge in [-0.2, -0.15) is 0 Å². The van der Waals surface area contributed by atoms with Crippen molar-refractivity contribution < 1.29 is 4.74 Å². The molecule has 4 heteroatoms. The number of halogens is 1. The summed E-state index contributed by atoms with van der Waals surface area (Å²) >= 11 is 0. The molecule has 1 aromatic carbocycles. The minimum absolute atomic E-state index is 0. The fourth-order valence-corrected chi connectivity index (χ4v) is 3.77. The first-order chi connectivity index (χ1) is 10.6. The summed E-state index contributed by atoms with van der Waals surface area (Å²) in [5.41, 5.74) is 4.05. The van der Waals surface area contributed by atoms with Crippen LogP contribution in [0.4, 0.5) is 0 Å². The Morgan fingerprint density at radius 1 is 1.30 bits per heavy atom. The average molecular weight is 339 g/mol. The van der Waals surface area contributed by atoms with Crippen molar-refractivity contribution in [2.24, 2.45) is 5.92 Å². The molecular weight excluding hydrogens is 308 g/mol. The van der Waals surface area contributed by atoms with Crippen molar-refractivity contribution in [2.45, 2.75) is 45.8 Å². The van der Waals surface area contributed by atoms with Crippen LogP contribution in [0.3, 0.4) is 0 Å². The quantitative estimate of drug-likeness (QED) is 0.913. The van der Waals surface area contributed by atoms with E-state index < -0.39 is 0 Å². The van der Waals surface area contributed by atoms with Gasteiger partial charge >= 0.3 is 0 Å². The van der Waals surface area contributed by atoms with E-state index in [1.54, 1.807) is 0 Å². The predicted octanol–water partition coefficient (Wildman–Crippen LogP) is 3.49. The zero-order valence-corrected chi connectivity index (χ0v) is 15.5. The maximum absolute atomic E-state index is 6.17. The lowest BCUT2D eigenvalue weighted by atomic mass is 9.96. The minimum atomic E-state index is 0. The molecule has 23 heavy (non-hydrogen) atoms. The first-order valence-electron chi connectivity index (χ1n) is 8.77. The number of nitrogens with one attached hydrogen (secondary N) is 1. The van der Waals surface area contributed by atoms with Crippen LogP contribution in [-0.2, 0) is 4.74 Å². The van der Waals surface area contributed by atoms with Crippen molar-refractivity contribution >= 4 is 12.4 Å². The van der Waals surface area contributed by atoms with E-state index in [2.05, 4.69) is 49.2 Å². The molecule has 3 rings (SSSR count). The summed E-state index contributed by atoms with van der Waals surface area (Å²) < 4.78 is 6.17. The number of aryl methyl sites for hydroxylation is 2. The highest BCUT2D eigenvalue weighted by Gasteiger charge is 2.29. The lowest BCUT2D eigenvalue weighted by molar-refractivity contribution is -0.0656. The molecule has 1 aromatic rings. The number of piperidine rings is 1. The van der Waals surface area contributed by atoms with Gasteiger partial charge in [-0.1, -0.05) is 23.8 Å². The first kappa shape index (κ1) is 18.7. The minimum Gasteiger partial charge on any atom is -0.371 e. The standard InChI is InChI=1S/C19H30N2O.ClH/c1-14-6-7-15(2)18(9-14)19-12-21(16(3)13-22-19)11-17-5-4-8-20-10-17;/h6-7,9,16-17,19-20H,4-5,8,10-13H2,1-3H3;1H. The number of hydrogen-bond donors (Lipinski definition) is 1. The van der Waals surface area contributed by atoms with Crippen LogP contribution in [0.15, 0.2) is 18.2 Å². The van der Waals surface area contributed by atoms with Crippen LogP contribution in [0.5, 0.6) is 0 Å². The molecule has 2 saturated heterocycles. The van der Waals surface area contributed by atoms with Gasteiger partial charge in [-0.05, 0) is 63.7 Å². The Morgan fingerprint density at radius 3 is 2.87 bits per heavy atom. The van der Waals surface area contributed by atoms with Gasteiger partial charge in [-0.15, -0.1) is 12.4 Å². The van der Waals surface area contributed by atoms with E-state index in [9.17, 15) is 0 Å². The maximum atomic E-state index is 6.17. The molecule has 0 aliphatic carbocycles. The molecule has 3 atom stereocenters. The molecule has 2 fully saturated rings. The molecule has 2 aliphatic heterocycles. The Bertz CT molecular complexity index is 502. The van der Waals surface area contributed by atoms with Gasteiger partial charge < -0.3 is 10.1 Å². The summed E-state index contributed by atoms with van der Waals surface area (Å²) in [5, 5.41) is 3.54. The molecule has 0 bridgehead atoms. The van der Waals surface area contributed by atoms with Crippen LogP contribution in [0.2, 0.25) is 0 Å². The van der Waals surface area contributed by atoms with Crippen molar-refractivity contribution in [1.29, 1.82) is 0 Å². The Hall–Kier alpha value is -0.610. The molecule has 2 heterocycles. The van der Waals surface area contributed by atoms with Gasteiger partial charge in [0.15, 0.2) is 0 Å². The first-order valence-corrected chi connectivity index (χ1v) is 8.77. The maximum Gasteiger partial charge on any atom is 0.0955 e. The average Bonchev–Trinajstić information content (AvgIpc) is 2.53. The number of nitrogens with zero attached hydrogens (tertiary/aromatic N) is 1. The third kappa shape index (κ3) is 4.69. The molecule has 3 unspecified atom stereocenters. The molecule has 0 spiro atoms. The van der Waals surface area contributed by atoms with Gasteiger partial charge in [0.25, 0.3) is 0 Å². The lowest BCUT2D eigenvalue weighted by Gasteiger charge is -2.41. The summed E-state index contributed by atoms with van der Waals surface area (Å²) in [6.07, 6.45) is 2.92. The van der Waals surface area contributed by atoms with Gasteiger partial charge in [-0.25, -0.2) is 0 Å². The van der Waals surface area contributed by atoms with Crippen LogP contribution < -0.4 is 5.32 Å². The van der Waals surface area contributed by atoms with E-state index in [1.165, 1.54) is 49.2 Å². The number of hydrogen-bond acceptors (Lipinski definition) is 3. The summed E-state index contributed by atoms with van der Waals surface area (Å²) in [7, 11) is 0. The lowest BCUT2D eigenvalue weighted by Crippen LogP contribution is -2.49. The van der Waals surface area contributed by atoms with Gasteiger partial charge in [-0.3, -0.25) is 4.90 Å². The van der Waals surface area contributed by atoms with E-state index in [0.29, 0.717) is 6.04 Å². The Labute approximate surface area is 147 Å².